The van der Waals surface area contributed by atoms with Gasteiger partial charge in [0.05, 0.1) is 11.0 Å². The number of piperazine rings is 1. The van der Waals surface area contributed by atoms with Crippen LogP contribution in [0.2, 0.25) is 0 Å². The molecule has 0 bridgehead atoms. The van der Waals surface area contributed by atoms with E-state index in [1.807, 2.05) is 31.7 Å². The number of methoxy groups -OCH3 is 1. The fourth-order valence-corrected chi connectivity index (χ4v) is 7.40. The van der Waals surface area contributed by atoms with Gasteiger partial charge < -0.3 is 34.1 Å². The Labute approximate surface area is 302 Å². The second-order valence-electron chi connectivity index (χ2n) is 14.9. The molecule has 0 saturated carbocycles. The minimum atomic E-state index is -0.639. The summed E-state index contributed by atoms with van der Waals surface area (Å²) in [6, 6.07) is 27.0. The summed E-state index contributed by atoms with van der Waals surface area (Å²) in [4.78, 5) is 38.8. The molecule has 1 aromatic heterocycles. The monoisotopic (exact) mass is 694 g/mol. The number of para-hydroxylation sites is 3. The van der Waals surface area contributed by atoms with Crippen molar-refractivity contribution >= 4 is 34.4 Å². The molecule has 10 heteroatoms. The van der Waals surface area contributed by atoms with E-state index in [0.717, 1.165) is 74.4 Å². The zero-order valence-electron chi connectivity index (χ0n) is 30.7. The van der Waals surface area contributed by atoms with Crippen LogP contribution in [0.3, 0.4) is 0 Å². The Morgan fingerprint density at radius 1 is 0.882 bits per heavy atom. The van der Waals surface area contributed by atoms with E-state index >= 15 is 0 Å². The zero-order valence-corrected chi connectivity index (χ0v) is 30.7. The number of benzene rings is 3. The molecule has 2 amide bonds. The first-order valence-corrected chi connectivity index (χ1v) is 18.5. The molecule has 1 N–H and O–H groups in total. The van der Waals surface area contributed by atoms with E-state index in [2.05, 4.69) is 92.5 Å². The van der Waals surface area contributed by atoms with Crippen molar-refractivity contribution in [3.63, 3.8) is 0 Å². The van der Waals surface area contributed by atoms with Crippen molar-refractivity contribution in [3.8, 4) is 0 Å². The average molecular weight is 695 g/mol. The van der Waals surface area contributed by atoms with Gasteiger partial charge in [-0.15, -0.1) is 0 Å². The molecular weight excluding hydrogens is 640 g/mol. The van der Waals surface area contributed by atoms with Crippen LogP contribution >= 0.6 is 0 Å². The quantitative estimate of drug-likeness (QED) is 0.167. The lowest BCUT2D eigenvalue weighted by atomic mass is 9.95. The van der Waals surface area contributed by atoms with E-state index in [-0.39, 0.29) is 18.2 Å². The van der Waals surface area contributed by atoms with Crippen LogP contribution in [0.1, 0.15) is 63.8 Å². The van der Waals surface area contributed by atoms with Crippen molar-refractivity contribution in [1.29, 1.82) is 0 Å². The Morgan fingerprint density at radius 3 is 2.24 bits per heavy atom. The number of likely N-dealkylation sites (tertiary alicyclic amines) is 1. The SMILES string of the molecule is COCCCn1c(C2CCCN(C(=O)CC(Cc3ccc(N4CCN(c5ccccc5)CC4)cc3)NC(=O)OC(C)(C)C)C2)nc2ccccc21. The predicted octanol–water partition coefficient (Wildman–Crippen LogP) is 6.63. The number of fused-ring (bicyclic) bond motifs is 1. The fraction of sp³-hybridized carbons (Fsp3) is 0.488. The van der Waals surface area contributed by atoms with E-state index in [0.29, 0.717) is 26.1 Å². The number of ether oxygens (including phenoxy) is 2. The number of amides is 2. The number of alkyl carbamates (subject to hydrolysis) is 1. The minimum Gasteiger partial charge on any atom is -0.444 e. The highest BCUT2D eigenvalue weighted by atomic mass is 16.6. The largest absolute Gasteiger partial charge is 0.444 e. The van der Waals surface area contributed by atoms with Crippen LogP contribution in [0.25, 0.3) is 11.0 Å². The smallest absolute Gasteiger partial charge is 0.407 e. The number of carbonyl (C=O) groups excluding carboxylic acids is 2. The molecule has 2 fully saturated rings. The number of imidazole rings is 1. The Kier molecular flexibility index (Phi) is 11.8. The van der Waals surface area contributed by atoms with E-state index in [9.17, 15) is 9.59 Å². The van der Waals surface area contributed by atoms with Crippen molar-refractivity contribution < 1.29 is 19.1 Å². The summed E-state index contributed by atoms with van der Waals surface area (Å²) in [6.45, 7) is 12.2. The summed E-state index contributed by atoms with van der Waals surface area (Å²) >= 11 is 0. The normalized spacial score (nSPS) is 17.4. The van der Waals surface area contributed by atoms with E-state index in [1.165, 1.54) is 11.4 Å². The van der Waals surface area contributed by atoms with Gasteiger partial charge in [-0.05, 0) is 88.4 Å². The highest BCUT2D eigenvalue weighted by Gasteiger charge is 2.31. The number of anilines is 2. The van der Waals surface area contributed by atoms with Crippen LogP contribution in [0.15, 0.2) is 78.9 Å². The lowest BCUT2D eigenvalue weighted by Crippen LogP contribution is -2.46. The van der Waals surface area contributed by atoms with Crippen LogP contribution in [0.4, 0.5) is 16.2 Å². The summed E-state index contributed by atoms with van der Waals surface area (Å²) in [7, 11) is 1.73. The summed E-state index contributed by atoms with van der Waals surface area (Å²) in [6.07, 6.45) is 2.99. The third kappa shape index (κ3) is 9.61. The van der Waals surface area contributed by atoms with Gasteiger partial charge in [-0.3, -0.25) is 4.79 Å². The molecule has 2 aliphatic heterocycles. The van der Waals surface area contributed by atoms with Crippen molar-refractivity contribution in [2.24, 2.45) is 0 Å². The number of rotatable bonds is 12. The van der Waals surface area contributed by atoms with Gasteiger partial charge in [-0.2, -0.15) is 0 Å². The van der Waals surface area contributed by atoms with Gasteiger partial charge in [0, 0.05) is 89.3 Å². The third-order valence-electron chi connectivity index (χ3n) is 9.88. The standard InChI is InChI=1S/C41H54N6O4/c1-41(2,3)51-40(49)42-33(28-31-17-19-35(20-18-31)45-25-23-44(24-26-45)34-13-6-5-7-14-34)29-38(48)46-21-10-12-32(30-46)39-43-36-15-8-9-16-37(36)47(39)22-11-27-50-4/h5-9,13-20,32-33H,10-12,21-30H2,1-4H3,(H,42,49). The first kappa shape index (κ1) is 36.2. The van der Waals surface area contributed by atoms with Gasteiger partial charge in [-0.1, -0.05) is 42.5 Å². The average Bonchev–Trinajstić information content (AvgIpc) is 3.50. The summed E-state index contributed by atoms with van der Waals surface area (Å²) in [5.74, 6) is 1.21. The van der Waals surface area contributed by atoms with Crippen LogP contribution in [0, 0.1) is 0 Å². The van der Waals surface area contributed by atoms with Gasteiger partial charge in [0.25, 0.3) is 0 Å². The fourth-order valence-electron chi connectivity index (χ4n) is 7.40. The van der Waals surface area contributed by atoms with Gasteiger partial charge in [-0.25, -0.2) is 9.78 Å². The second kappa shape index (κ2) is 16.6. The molecule has 0 spiro atoms. The molecule has 51 heavy (non-hydrogen) atoms. The Bertz CT molecular complexity index is 1730. The number of nitrogens with one attached hydrogen (secondary N) is 1. The number of aryl methyl sites for hydroxylation is 1. The van der Waals surface area contributed by atoms with Gasteiger partial charge in [0.15, 0.2) is 0 Å². The van der Waals surface area contributed by atoms with Crippen LogP contribution in [-0.4, -0.2) is 91.1 Å². The number of piperidine rings is 1. The Morgan fingerprint density at radius 2 is 1.55 bits per heavy atom. The Hall–Kier alpha value is -4.57. The first-order chi connectivity index (χ1) is 24.7. The van der Waals surface area contributed by atoms with Crippen LogP contribution in [0.5, 0.6) is 0 Å². The van der Waals surface area contributed by atoms with Crippen molar-refractivity contribution in [2.45, 2.75) is 77.0 Å². The first-order valence-electron chi connectivity index (χ1n) is 18.5. The third-order valence-corrected chi connectivity index (χ3v) is 9.88. The van der Waals surface area contributed by atoms with Gasteiger partial charge in [0.1, 0.15) is 11.4 Å². The number of hydrogen-bond acceptors (Lipinski definition) is 7. The molecule has 3 heterocycles. The lowest BCUT2D eigenvalue weighted by Gasteiger charge is -2.37. The zero-order chi connectivity index (χ0) is 35.8. The van der Waals surface area contributed by atoms with Crippen molar-refractivity contribution in [1.82, 2.24) is 19.8 Å². The molecule has 2 atom stereocenters. The molecule has 10 nitrogen and oxygen atoms in total. The molecule has 272 valence electrons. The Balaban J connectivity index is 1.11. The minimum absolute atomic E-state index is 0.0377. The highest BCUT2D eigenvalue weighted by molar-refractivity contribution is 5.79. The lowest BCUT2D eigenvalue weighted by molar-refractivity contribution is -0.133. The van der Waals surface area contributed by atoms with Crippen molar-refractivity contribution in [2.75, 3.05) is 62.8 Å². The second-order valence-corrected chi connectivity index (χ2v) is 14.9. The van der Waals surface area contributed by atoms with Gasteiger partial charge >= 0.3 is 6.09 Å². The summed E-state index contributed by atoms with van der Waals surface area (Å²) < 4.78 is 13.3. The molecule has 2 aliphatic rings. The predicted molar refractivity (Wildman–Crippen MR) is 204 cm³/mol. The van der Waals surface area contributed by atoms with E-state index in [4.69, 9.17) is 14.5 Å². The van der Waals surface area contributed by atoms with Gasteiger partial charge in [0.2, 0.25) is 5.91 Å². The maximum Gasteiger partial charge on any atom is 0.407 e. The molecular formula is C41H54N6O4. The van der Waals surface area contributed by atoms with E-state index in [1.54, 1.807) is 7.11 Å². The number of hydrogen-bond donors (Lipinski definition) is 1. The summed E-state index contributed by atoms with van der Waals surface area (Å²) in [5.41, 5.74) is 4.98. The molecule has 0 aliphatic carbocycles. The van der Waals surface area contributed by atoms with Crippen LogP contribution in [-0.2, 0) is 27.2 Å². The molecule has 6 rings (SSSR count). The number of nitrogens with zero attached hydrogens (tertiary/aromatic N) is 5. The molecule has 3 aromatic carbocycles. The number of aromatic nitrogens is 2. The maximum absolute atomic E-state index is 14.0. The molecule has 2 saturated heterocycles. The number of carbonyl (C=O) groups is 2. The van der Waals surface area contributed by atoms with Crippen molar-refractivity contribution in [3.05, 3.63) is 90.3 Å². The molecule has 4 aromatic rings. The topological polar surface area (TPSA) is 92.2 Å². The van der Waals surface area contributed by atoms with E-state index < -0.39 is 17.7 Å². The summed E-state index contributed by atoms with van der Waals surface area (Å²) in [5, 5.41) is 3.04. The highest BCUT2D eigenvalue weighted by Crippen LogP contribution is 2.30. The molecule has 2 unspecified atom stereocenters. The maximum atomic E-state index is 14.0. The molecule has 0 radical (unpaired) electrons. The van der Waals surface area contributed by atoms with Crippen LogP contribution < -0.4 is 15.1 Å².